The predicted octanol–water partition coefficient (Wildman–Crippen LogP) is 4.01. The van der Waals surface area contributed by atoms with Gasteiger partial charge in [-0.25, -0.2) is 4.79 Å². The Balaban J connectivity index is 1.48. The number of urea groups is 1. The van der Waals surface area contributed by atoms with E-state index in [2.05, 4.69) is 28.0 Å². The van der Waals surface area contributed by atoms with Gasteiger partial charge in [0.1, 0.15) is 5.75 Å². The van der Waals surface area contributed by atoms with Crippen LogP contribution in [0.3, 0.4) is 0 Å². The average Bonchev–Trinajstić information content (AvgIpc) is 2.91. The molecule has 3 atom stereocenters. The third kappa shape index (κ3) is 2.87. The molecular formula is C20H28N2O2. The molecule has 0 saturated carbocycles. The fraction of sp³-hybridized carbons (Fsp3) is 0.650. The van der Waals surface area contributed by atoms with E-state index in [0.717, 1.165) is 31.7 Å². The Morgan fingerprint density at radius 2 is 1.79 bits per heavy atom. The maximum absolute atomic E-state index is 13.0. The second-order valence-electron chi connectivity index (χ2n) is 7.57. The standard InChI is InChI=1S/C20H28N2O2/c1-24-19-7-5-6-15(14-19)16-12-17-8-9-18(13-16)22(17)20(23)21-10-3-2-4-11-21/h5-7,14,16-18H,2-4,8-13H2,1H3/t16?,17-,18+. The van der Waals surface area contributed by atoms with E-state index in [0.29, 0.717) is 24.0 Å². The van der Waals surface area contributed by atoms with Gasteiger partial charge in [-0.15, -0.1) is 0 Å². The van der Waals surface area contributed by atoms with E-state index in [4.69, 9.17) is 4.74 Å². The minimum absolute atomic E-state index is 0.311. The molecule has 4 heteroatoms. The van der Waals surface area contributed by atoms with Crippen LogP contribution in [0.4, 0.5) is 4.79 Å². The fourth-order valence-electron chi connectivity index (χ4n) is 4.91. The van der Waals surface area contributed by atoms with E-state index < -0.39 is 0 Å². The summed E-state index contributed by atoms with van der Waals surface area (Å²) in [4.78, 5) is 17.3. The highest BCUT2D eigenvalue weighted by Gasteiger charge is 2.44. The van der Waals surface area contributed by atoms with Crippen LogP contribution in [0.15, 0.2) is 24.3 Å². The lowest BCUT2D eigenvalue weighted by atomic mass is 9.85. The lowest BCUT2D eigenvalue weighted by Crippen LogP contribution is -2.53. The molecule has 1 aromatic carbocycles. The second kappa shape index (κ2) is 6.66. The van der Waals surface area contributed by atoms with Crippen molar-refractivity contribution < 1.29 is 9.53 Å². The Labute approximate surface area is 144 Å². The Morgan fingerprint density at radius 1 is 1.08 bits per heavy atom. The van der Waals surface area contributed by atoms with Gasteiger partial charge >= 0.3 is 6.03 Å². The predicted molar refractivity (Wildman–Crippen MR) is 94.4 cm³/mol. The van der Waals surface area contributed by atoms with Gasteiger partial charge in [0, 0.05) is 25.2 Å². The number of benzene rings is 1. The molecule has 1 unspecified atom stereocenters. The molecule has 3 saturated heterocycles. The summed E-state index contributed by atoms with van der Waals surface area (Å²) >= 11 is 0. The highest BCUT2D eigenvalue weighted by atomic mass is 16.5. The highest BCUT2D eigenvalue weighted by Crippen LogP contribution is 2.44. The molecule has 3 fully saturated rings. The van der Waals surface area contributed by atoms with Gasteiger partial charge < -0.3 is 14.5 Å². The molecule has 0 aromatic heterocycles. The number of likely N-dealkylation sites (tertiary alicyclic amines) is 1. The van der Waals surface area contributed by atoms with Crippen LogP contribution < -0.4 is 4.74 Å². The topological polar surface area (TPSA) is 32.8 Å². The summed E-state index contributed by atoms with van der Waals surface area (Å²) in [7, 11) is 1.72. The van der Waals surface area contributed by atoms with Crippen LogP contribution in [-0.4, -0.2) is 48.1 Å². The average molecular weight is 328 g/mol. The molecule has 0 radical (unpaired) electrons. The van der Waals surface area contributed by atoms with Crippen LogP contribution in [-0.2, 0) is 0 Å². The summed E-state index contributed by atoms with van der Waals surface area (Å²) in [6.45, 7) is 1.90. The van der Waals surface area contributed by atoms with E-state index in [1.807, 2.05) is 6.07 Å². The summed E-state index contributed by atoms with van der Waals surface area (Å²) in [5.41, 5.74) is 1.37. The van der Waals surface area contributed by atoms with Crippen molar-refractivity contribution in [2.24, 2.45) is 0 Å². The van der Waals surface area contributed by atoms with E-state index in [-0.39, 0.29) is 0 Å². The zero-order chi connectivity index (χ0) is 16.5. The number of amides is 2. The Hall–Kier alpha value is -1.71. The number of ether oxygens (including phenoxy) is 1. The normalized spacial score (nSPS) is 29.6. The van der Waals surface area contributed by atoms with Gasteiger partial charge in [0.15, 0.2) is 0 Å². The van der Waals surface area contributed by atoms with Crippen molar-refractivity contribution in [1.29, 1.82) is 0 Å². The molecule has 4 rings (SSSR count). The monoisotopic (exact) mass is 328 g/mol. The molecule has 3 aliphatic heterocycles. The largest absolute Gasteiger partial charge is 0.497 e. The molecule has 24 heavy (non-hydrogen) atoms. The number of fused-ring (bicyclic) bond motifs is 2. The van der Waals surface area contributed by atoms with Gasteiger partial charge in [0.25, 0.3) is 0 Å². The Morgan fingerprint density at radius 3 is 2.46 bits per heavy atom. The first kappa shape index (κ1) is 15.8. The molecule has 0 aliphatic carbocycles. The van der Waals surface area contributed by atoms with Gasteiger partial charge in [0.05, 0.1) is 7.11 Å². The van der Waals surface area contributed by atoms with E-state index in [9.17, 15) is 4.79 Å². The first-order valence-corrected chi connectivity index (χ1v) is 9.47. The molecule has 0 N–H and O–H groups in total. The lowest BCUT2D eigenvalue weighted by Gasteiger charge is -2.42. The fourth-order valence-corrected chi connectivity index (χ4v) is 4.91. The van der Waals surface area contributed by atoms with Crippen molar-refractivity contribution in [3.05, 3.63) is 29.8 Å². The van der Waals surface area contributed by atoms with Gasteiger partial charge in [-0.05, 0) is 68.6 Å². The van der Waals surface area contributed by atoms with Crippen molar-refractivity contribution in [3.8, 4) is 5.75 Å². The maximum Gasteiger partial charge on any atom is 0.320 e. The zero-order valence-corrected chi connectivity index (χ0v) is 14.6. The first-order valence-electron chi connectivity index (χ1n) is 9.47. The lowest BCUT2D eigenvalue weighted by molar-refractivity contribution is 0.0990. The van der Waals surface area contributed by atoms with Crippen LogP contribution in [0.25, 0.3) is 0 Å². The van der Waals surface area contributed by atoms with Crippen molar-refractivity contribution in [2.75, 3.05) is 20.2 Å². The van der Waals surface area contributed by atoms with Gasteiger partial charge in [-0.2, -0.15) is 0 Å². The summed E-state index contributed by atoms with van der Waals surface area (Å²) in [6.07, 6.45) is 8.15. The third-order valence-corrected chi connectivity index (χ3v) is 6.15. The number of methoxy groups -OCH3 is 1. The van der Waals surface area contributed by atoms with Crippen LogP contribution in [0.5, 0.6) is 5.75 Å². The number of piperidine rings is 2. The summed E-state index contributed by atoms with van der Waals surface area (Å²) < 4.78 is 5.38. The quantitative estimate of drug-likeness (QED) is 0.822. The summed E-state index contributed by atoms with van der Waals surface area (Å²) in [5, 5.41) is 0. The molecule has 3 heterocycles. The van der Waals surface area contributed by atoms with E-state index in [1.54, 1.807) is 7.11 Å². The third-order valence-electron chi connectivity index (χ3n) is 6.15. The Bertz CT molecular complexity index is 583. The molecule has 4 nitrogen and oxygen atoms in total. The molecule has 2 amide bonds. The van der Waals surface area contributed by atoms with Crippen molar-refractivity contribution in [3.63, 3.8) is 0 Å². The van der Waals surface area contributed by atoms with E-state index in [1.165, 1.54) is 37.7 Å². The first-order chi connectivity index (χ1) is 11.8. The van der Waals surface area contributed by atoms with Crippen molar-refractivity contribution in [2.45, 2.75) is 62.9 Å². The van der Waals surface area contributed by atoms with Gasteiger partial charge in [-0.1, -0.05) is 12.1 Å². The number of rotatable bonds is 2. The van der Waals surface area contributed by atoms with E-state index >= 15 is 0 Å². The molecule has 3 aliphatic rings. The summed E-state index contributed by atoms with van der Waals surface area (Å²) in [6, 6.07) is 9.64. The number of carbonyl (C=O) groups is 1. The highest BCUT2D eigenvalue weighted by molar-refractivity contribution is 5.76. The van der Waals surface area contributed by atoms with Crippen LogP contribution in [0.2, 0.25) is 0 Å². The van der Waals surface area contributed by atoms with Crippen molar-refractivity contribution >= 4 is 6.03 Å². The molecule has 1 aromatic rings. The molecule has 0 spiro atoms. The smallest absolute Gasteiger partial charge is 0.320 e. The summed E-state index contributed by atoms with van der Waals surface area (Å²) in [5.74, 6) is 1.50. The minimum atomic E-state index is 0.311. The van der Waals surface area contributed by atoms with Gasteiger partial charge in [-0.3, -0.25) is 0 Å². The van der Waals surface area contributed by atoms with Crippen LogP contribution in [0.1, 0.15) is 56.4 Å². The second-order valence-corrected chi connectivity index (χ2v) is 7.57. The minimum Gasteiger partial charge on any atom is -0.497 e. The molecule has 130 valence electrons. The van der Waals surface area contributed by atoms with Crippen LogP contribution in [0, 0.1) is 0 Å². The number of nitrogens with zero attached hydrogens (tertiary/aromatic N) is 2. The maximum atomic E-state index is 13.0. The SMILES string of the molecule is COc1cccc(C2C[C@H]3CC[C@@H](C2)N3C(=O)N2CCCCC2)c1. The Kier molecular flexibility index (Phi) is 4.38. The number of hydrogen-bond donors (Lipinski definition) is 0. The molecule has 2 bridgehead atoms. The van der Waals surface area contributed by atoms with Gasteiger partial charge in [0.2, 0.25) is 0 Å². The van der Waals surface area contributed by atoms with Crippen LogP contribution >= 0.6 is 0 Å². The van der Waals surface area contributed by atoms with Crippen molar-refractivity contribution in [1.82, 2.24) is 9.80 Å². The number of carbonyl (C=O) groups excluding carboxylic acids is 1. The number of hydrogen-bond acceptors (Lipinski definition) is 2. The molecular weight excluding hydrogens is 300 g/mol. The zero-order valence-electron chi connectivity index (χ0n) is 14.6.